The second-order valence-electron chi connectivity index (χ2n) is 6.28. The molecular weight excluding hydrogens is 354 g/mol. The van der Waals surface area contributed by atoms with Crippen molar-refractivity contribution in [3.8, 4) is 5.75 Å². The average Bonchev–Trinajstić information content (AvgIpc) is 3.09. The predicted molar refractivity (Wildman–Crippen MR) is 95.3 cm³/mol. The van der Waals surface area contributed by atoms with Gasteiger partial charge in [-0.1, -0.05) is 24.3 Å². The smallest absolute Gasteiger partial charge is 0.387 e. The molecule has 0 unspecified atom stereocenters. The Morgan fingerprint density at radius 2 is 1.67 bits per heavy atom. The number of halogens is 2. The first-order chi connectivity index (χ1) is 13.0. The molecule has 27 heavy (non-hydrogen) atoms. The van der Waals surface area contributed by atoms with E-state index in [2.05, 4.69) is 10.1 Å². The van der Waals surface area contributed by atoms with Crippen LogP contribution in [-0.2, 0) is 17.9 Å². The van der Waals surface area contributed by atoms with Gasteiger partial charge in [-0.15, -0.1) is 0 Å². The molecule has 0 bridgehead atoms. The third kappa shape index (κ3) is 5.03. The van der Waals surface area contributed by atoms with Crippen molar-refractivity contribution in [3.05, 3.63) is 65.2 Å². The van der Waals surface area contributed by atoms with Crippen molar-refractivity contribution < 1.29 is 23.1 Å². The number of alkyl halides is 2. The highest BCUT2D eigenvalue weighted by Gasteiger charge is 2.22. The van der Waals surface area contributed by atoms with E-state index < -0.39 is 6.61 Å². The number of nitrogens with zero attached hydrogens (tertiary/aromatic N) is 1. The molecule has 5 nitrogen and oxygen atoms in total. The molecule has 2 aromatic rings. The van der Waals surface area contributed by atoms with Crippen LogP contribution < -0.4 is 10.1 Å². The number of hydrogen-bond acceptors (Lipinski definition) is 3. The molecule has 1 N–H and O–H groups in total. The number of carbonyl (C=O) groups excluding carboxylic acids is 2. The van der Waals surface area contributed by atoms with Gasteiger partial charge in [0.05, 0.1) is 0 Å². The lowest BCUT2D eigenvalue weighted by atomic mass is 10.1. The van der Waals surface area contributed by atoms with Gasteiger partial charge in [0, 0.05) is 31.6 Å². The number of nitrogens with one attached hydrogen (secondary N) is 1. The number of ether oxygens (including phenoxy) is 1. The van der Waals surface area contributed by atoms with Crippen LogP contribution in [0.3, 0.4) is 0 Å². The van der Waals surface area contributed by atoms with Crippen molar-refractivity contribution in [1.29, 1.82) is 0 Å². The minimum Gasteiger partial charge on any atom is -0.435 e. The minimum absolute atomic E-state index is 0.00115. The normalized spacial score (nSPS) is 12.8. The van der Waals surface area contributed by atoms with Gasteiger partial charge >= 0.3 is 6.61 Å². The Kier molecular flexibility index (Phi) is 6.01. The van der Waals surface area contributed by atoms with Gasteiger partial charge in [0.1, 0.15) is 5.75 Å². The maximum absolute atomic E-state index is 12.3. The molecule has 0 spiro atoms. The van der Waals surface area contributed by atoms with E-state index in [4.69, 9.17) is 0 Å². The topological polar surface area (TPSA) is 58.6 Å². The van der Waals surface area contributed by atoms with Crippen LogP contribution in [0.5, 0.6) is 5.75 Å². The standard InChI is InChI=1S/C20H20F2N2O3/c21-20(22)27-17-9-7-14(8-10-17)19(26)23-11-3-6-18(25)24-12-15-4-1-2-5-16(15)13-24/h1-2,4-5,7-10,20H,3,6,11-13H2,(H,23,26). The lowest BCUT2D eigenvalue weighted by Crippen LogP contribution is -2.28. The molecule has 7 heteroatoms. The van der Waals surface area contributed by atoms with Gasteiger partial charge in [-0.3, -0.25) is 9.59 Å². The van der Waals surface area contributed by atoms with E-state index in [0.717, 1.165) is 0 Å². The summed E-state index contributed by atoms with van der Waals surface area (Å²) >= 11 is 0. The first-order valence-electron chi connectivity index (χ1n) is 8.70. The molecule has 0 aromatic heterocycles. The lowest BCUT2D eigenvalue weighted by Gasteiger charge is -2.15. The summed E-state index contributed by atoms with van der Waals surface area (Å²) in [6.45, 7) is -1.27. The molecule has 3 rings (SSSR count). The number of amides is 2. The van der Waals surface area contributed by atoms with Crippen molar-refractivity contribution in [2.24, 2.45) is 0 Å². The zero-order valence-corrected chi connectivity index (χ0v) is 14.7. The van der Waals surface area contributed by atoms with Crippen molar-refractivity contribution in [3.63, 3.8) is 0 Å². The molecule has 0 saturated heterocycles. The van der Waals surface area contributed by atoms with E-state index in [1.807, 2.05) is 29.2 Å². The summed E-state index contributed by atoms with van der Waals surface area (Å²) < 4.78 is 28.5. The maximum Gasteiger partial charge on any atom is 0.387 e. The monoisotopic (exact) mass is 374 g/mol. The van der Waals surface area contributed by atoms with Crippen molar-refractivity contribution in [2.75, 3.05) is 6.54 Å². The lowest BCUT2D eigenvalue weighted by molar-refractivity contribution is -0.131. The summed E-state index contributed by atoms with van der Waals surface area (Å²) in [7, 11) is 0. The van der Waals surface area contributed by atoms with Crippen molar-refractivity contribution in [2.45, 2.75) is 32.5 Å². The molecule has 0 aliphatic carbocycles. The Hall–Kier alpha value is -2.96. The minimum atomic E-state index is -2.90. The van der Waals surface area contributed by atoms with Crippen molar-refractivity contribution >= 4 is 11.8 Å². The number of hydrogen-bond donors (Lipinski definition) is 1. The highest BCUT2D eigenvalue weighted by molar-refractivity contribution is 5.94. The fraction of sp³-hybridized carbons (Fsp3) is 0.300. The molecule has 1 aliphatic heterocycles. The Morgan fingerprint density at radius 1 is 1.04 bits per heavy atom. The third-order valence-corrected chi connectivity index (χ3v) is 4.39. The van der Waals surface area contributed by atoms with Gasteiger partial charge in [-0.25, -0.2) is 0 Å². The summed E-state index contributed by atoms with van der Waals surface area (Å²) in [6, 6.07) is 13.5. The second-order valence-corrected chi connectivity index (χ2v) is 6.28. The Morgan fingerprint density at radius 3 is 2.26 bits per heavy atom. The van der Waals surface area contributed by atoms with Crippen LogP contribution in [0.1, 0.15) is 34.3 Å². The number of fused-ring (bicyclic) bond motifs is 1. The fourth-order valence-electron chi connectivity index (χ4n) is 3.00. The second kappa shape index (κ2) is 8.62. The molecule has 0 fully saturated rings. The first-order valence-corrected chi connectivity index (χ1v) is 8.70. The van der Waals surface area contributed by atoms with E-state index in [0.29, 0.717) is 38.0 Å². The summed E-state index contributed by atoms with van der Waals surface area (Å²) in [5.74, 6) is -0.257. The summed E-state index contributed by atoms with van der Waals surface area (Å²) in [5.41, 5.74) is 2.70. The number of carbonyl (C=O) groups is 2. The van der Waals surface area contributed by atoms with Gasteiger partial charge in [-0.05, 0) is 41.8 Å². The van der Waals surface area contributed by atoms with Crippen LogP contribution in [0.15, 0.2) is 48.5 Å². The molecule has 0 saturated carbocycles. The Bertz CT molecular complexity index is 784. The highest BCUT2D eigenvalue weighted by atomic mass is 19.3. The van der Waals surface area contributed by atoms with E-state index >= 15 is 0 Å². The average molecular weight is 374 g/mol. The SMILES string of the molecule is O=C(NCCCC(=O)N1Cc2ccccc2C1)c1ccc(OC(F)F)cc1. The predicted octanol–water partition coefficient (Wildman–Crippen LogP) is 3.34. The molecule has 142 valence electrons. The molecular formula is C20H20F2N2O3. The third-order valence-electron chi connectivity index (χ3n) is 4.39. The highest BCUT2D eigenvalue weighted by Crippen LogP contribution is 2.22. The van der Waals surface area contributed by atoms with Gasteiger partial charge in [0.2, 0.25) is 5.91 Å². The van der Waals surface area contributed by atoms with Gasteiger partial charge in [0.25, 0.3) is 5.91 Å². The maximum atomic E-state index is 12.3. The Balaban J connectivity index is 1.38. The van der Waals surface area contributed by atoms with E-state index in [1.165, 1.54) is 35.4 Å². The van der Waals surface area contributed by atoms with Gasteiger partial charge in [-0.2, -0.15) is 8.78 Å². The molecule has 0 radical (unpaired) electrons. The van der Waals surface area contributed by atoms with Crippen LogP contribution in [0.4, 0.5) is 8.78 Å². The zero-order chi connectivity index (χ0) is 19.2. The summed E-state index contributed by atoms with van der Waals surface area (Å²) in [4.78, 5) is 26.1. The van der Waals surface area contributed by atoms with E-state index in [-0.39, 0.29) is 17.6 Å². The molecule has 0 atom stereocenters. The first kappa shape index (κ1) is 18.8. The molecule has 1 aliphatic rings. The number of rotatable bonds is 7. The molecule has 2 aromatic carbocycles. The summed E-state index contributed by atoms with van der Waals surface area (Å²) in [5, 5.41) is 2.72. The molecule has 1 heterocycles. The van der Waals surface area contributed by atoms with Crippen molar-refractivity contribution in [1.82, 2.24) is 10.2 Å². The van der Waals surface area contributed by atoms with E-state index in [1.54, 1.807) is 0 Å². The Labute approximate surface area is 155 Å². The zero-order valence-electron chi connectivity index (χ0n) is 14.7. The van der Waals surface area contributed by atoms with Crippen LogP contribution in [-0.4, -0.2) is 29.9 Å². The van der Waals surface area contributed by atoms with Crippen LogP contribution >= 0.6 is 0 Å². The van der Waals surface area contributed by atoms with E-state index in [9.17, 15) is 18.4 Å². The van der Waals surface area contributed by atoms with Gasteiger partial charge in [0.15, 0.2) is 0 Å². The number of benzene rings is 2. The van der Waals surface area contributed by atoms with Crippen LogP contribution in [0.25, 0.3) is 0 Å². The van der Waals surface area contributed by atoms with Crippen LogP contribution in [0, 0.1) is 0 Å². The largest absolute Gasteiger partial charge is 0.435 e. The fourth-order valence-corrected chi connectivity index (χ4v) is 3.00. The summed E-state index contributed by atoms with van der Waals surface area (Å²) in [6.07, 6.45) is 0.888. The molecule has 2 amide bonds. The quantitative estimate of drug-likeness (QED) is 0.757. The van der Waals surface area contributed by atoms with Gasteiger partial charge < -0.3 is 15.0 Å². The van der Waals surface area contributed by atoms with Crippen LogP contribution in [0.2, 0.25) is 0 Å².